The van der Waals surface area contributed by atoms with Crippen LogP contribution in [0.15, 0.2) is 48.7 Å². The molecule has 0 saturated heterocycles. The molecule has 132 valence electrons. The van der Waals surface area contributed by atoms with Crippen LogP contribution in [0.2, 0.25) is 0 Å². The van der Waals surface area contributed by atoms with Gasteiger partial charge in [-0.15, -0.1) is 24.8 Å². The number of anilines is 1. The molecule has 0 spiro atoms. The number of carbonyl (C=O) groups is 1. The highest BCUT2D eigenvalue weighted by molar-refractivity contribution is 5.87. The van der Waals surface area contributed by atoms with Crippen LogP contribution >= 0.6 is 24.8 Å². The fourth-order valence-electron chi connectivity index (χ4n) is 2.25. The SMILES string of the molecule is CN(C)c1ncccc1CNC(=O)C(C)(N)c1ccccc1.Cl.Cl. The van der Waals surface area contributed by atoms with E-state index >= 15 is 0 Å². The highest BCUT2D eigenvalue weighted by Crippen LogP contribution is 2.19. The number of amides is 1. The van der Waals surface area contributed by atoms with Crippen LogP contribution in [-0.2, 0) is 16.9 Å². The minimum Gasteiger partial charge on any atom is -0.362 e. The van der Waals surface area contributed by atoms with E-state index < -0.39 is 5.54 Å². The van der Waals surface area contributed by atoms with Gasteiger partial charge in [-0.2, -0.15) is 0 Å². The van der Waals surface area contributed by atoms with E-state index in [-0.39, 0.29) is 30.7 Å². The molecule has 5 nitrogen and oxygen atoms in total. The Morgan fingerprint density at radius 2 is 1.79 bits per heavy atom. The molecule has 1 unspecified atom stereocenters. The number of benzene rings is 1. The highest BCUT2D eigenvalue weighted by atomic mass is 35.5. The molecule has 0 radical (unpaired) electrons. The first-order chi connectivity index (χ1) is 10.4. The summed E-state index contributed by atoms with van der Waals surface area (Å²) in [4.78, 5) is 18.7. The number of carbonyl (C=O) groups excluding carboxylic acids is 1. The summed E-state index contributed by atoms with van der Waals surface area (Å²) in [6, 6.07) is 13.2. The fourth-order valence-corrected chi connectivity index (χ4v) is 2.25. The van der Waals surface area contributed by atoms with E-state index in [1.807, 2.05) is 61.5 Å². The van der Waals surface area contributed by atoms with E-state index in [2.05, 4.69) is 10.3 Å². The van der Waals surface area contributed by atoms with Crippen molar-refractivity contribution in [1.82, 2.24) is 10.3 Å². The van der Waals surface area contributed by atoms with Crippen molar-refractivity contribution in [2.45, 2.75) is 19.0 Å². The third-order valence-electron chi connectivity index (χ3n) is 3.58. The molecule has 3 N–H and O–H groups in total. The largest absolute Gasteiger partial charge is 0.362 e. The Balaban J connectivity index is 0.00000264. The number of nitrogens with one attached hydrogen (secondary N) is 1. The molecule has 0 aliphatic rings. The number of halogens is 2. The molecule has 1 aromatic carbocycles. The van der Waals surface area contributed by atoms with Crippen LogP contribution in [0.1, 0.15) is 18.1 Å². The van der Waals surface area contributed by atoms with Gasteiger partial charge in [-0.25, -0.2) is 4.98 Å². The molecule has 1 heterocycles. The first-order valence-corrected chi connectivity index (χ1v) is 7.17. The molecular weight excluding hydrogens is 347 g/mol. The zero-order valence-corrected chi connectivity index (χ0v) is 15.7. The molecule has 0 aliphatic heterocycles. The first-order valence-electron chi connectivity index (χ1n) is 7.17. The smallest absolute Gasteiger partial charge is 0.244 e. The van der Waals surface area contributed by atoms with E-state index in [1.54, 1.807) is 13.1 Å². The molecule has 24 heavy (non-hydrogen) atoms. The third-order valence-corrected chi connectivity index (χ3v) is 3.58. The lowest BCUT2D eigenvalue weighted by Gasteiger charge is -2.24. The predicted molar refractivity (Wildman–Crippen MR) is 103 cm³/mol. The van der Waals surface area contributed by atoms with Crippen molar-refractivity contribution < 1.29 is 4.79 Å². The lowest BCUT2D eigenvalue weighted by molar-refractivity contribution is -0.126. The Kier molecular flexibility index (Phi) is 8.75. The highest BCUT2D eigenvalue weighted by Gasteiger charge is 2.30. The number of aromatic nitrogens is 1. The summed E-state index contributed by atoms with van der Waals surface area (Å²) in [6.45, 7) is 2.10. The second-order valence-corrected chi connectivity index (χ2v) is 5.63. The molecule has 7 heteroatoms. The maximum absolute atomic E-state index is 12.4. The number of hydrogen-bond donors (Lipinski definition) is 2. The first kappa shape index (κ1) is 22.2. The van der Waals surface area contributed by atoms with Gasteiger partial charge >= 0.3 is 0 Å². The van der Waals surface area contributed by atoms with Crippen molar-refractivity contribution in [1.29, 1.82) is 0 Å². The number of nitrogens with two attached hydrogens (primary N) is 1. The molecule has 0 aliphatic carbocycles. The Morgan fingerprint density at radius 1 is 1.17 bits per heavy atom. The van der Waals surface area contributed by atoms with Crippen molar-refractivity contribution in [3.63, 3.8) is 0 Å². The molecule has 0 fully saturated rings. The number of hydrogen-bond acceptors (Lipinski definition) is 4. The maximum Gasteiger partial charge on any atom is 0.244 e. The van der Waals surface area contributed by atoms with Gasteiger partial charge in [0.25, 0.3) is 0 Å². The Labute approximate surface area is 155 Å². The predicted octanol–water partition coefficient (Wildman–Crippen LogP) is 2.48. The molecule has 0 saturated carbocycles. The van der Waals surface area contributed by atoms with E-state index in [4.69, 9.17) is 5.73 Å². The molecular formula is C17H24Cl2N4O. The monoisotopic (exact) mass is 370 g/mol. The van der Waals surface area contributed by atoms with Crippen LogP contribution in [0.5, 0.6) is 0 Å². The summed E-state index contributed by atoms with van der Waals surface area (Å²) in [5.41, 5.74) is 6.87. The van der Waals surface area contributed by atoms with E-state index in [0.717, 1.165) is 16.9 Å². The average Bonchev–Trinajstić information content (AvgIpc) is 2.53. The summed E-state index contributed by atoms with van der Waals surface area (Å²) < 4.78 is 0. The van der Waals surface area contributed by atoms with Crippen LogP contribution in [0.3, 0.4) is 0 Å². The Bertz CT molecular complexity index is 648. The quantitative estimate of drug-likeness (QED) is 0.847. The van der Waals surface area contributed by atoms with Gasteiger partial charge in [0.05, 0.1) is 0 Å². The second-order valence-electron chi connectivity index (χ2n) is 5.63. The van der Waals surface area contributed by atoms with E-state index in [9.17, 15) is 4.79 Å². The normalized spacial score (nSPS) is 12.2. The van der Waals surface area contributed by atoms with Crippen molar-refractivity contribution in [3.05, 3.63) is 59.8 Å². The van der Waals surface area contributed by atoms with Gasteiger partial charge in [-0.1, -0.05) is 36.4 Å². The zero-order chi connectivity index (χ0) is 16.2. The molecule has 1 atom stereocenters. The van der Waals surface area contributed by atoms with Gasteiger partial charge in [0.2, 0.25) is 5.91 Å². The Hall–Kier alpha value is -1.82. The van der Waals surface area contributed by atoms with Gasteiger partial charge in [0, 0.05) is 32.4 Å². The maximum atomic E-state index is 12.4. The van der Waals surface area contributed by atoms with Crippen molar-refractivity contribution in [2.75, 3.05) is 19.0 Å². The lowest BCUT2D eigenvalue weighted by Crippen LogP contribution is -2.48. The number of pyridine rings is 1. The summed E-state index contributed by atoms with van der Waals surface area (Å²) in [7, 11) is 3.84. The number of nitrogens with zero attached hydrogens (tertiary/aromatic N) is 2. The summed E-state index contributed by atoms with van der Waals surface area (Å²) in [5, 5.41) is 2.90. The average molecular weight is 371 g/mol. The standard InChI is InChI=1S/C17H22N4O.2ClH/c1-17(18,14-9-5-4-6-10-14)16(22)20-12-13-8-7-11-19-15(13)21(2)3;;/h4-11H,12,18H2,1-3H3,(H,20,22);2*1H. The van der Waals surface area contributed by atoms with E-state index in [0.29, 0.717) is 6.54 Å². The van der Waals surface area contributed by atoms with Crippen LogP contribution in [-0.4, -0.2) is 25.0 Å². The van der Waals surface area contributed by atoms with Crippen molar-refractivity contribution >= 4 is 36.5 Å². The van der Waals surface area contributed by atoms with Crippen LogP contribution in [0.4, 0.5) is 5.82 Å². The Morgan fingerprint density at radius 3 is 2.38 bits per heavy atom. The molecule has 1 amide bonds. The van der Waals surface area contributed by atoms with Gasteiger partial charge in [0.1, 0.15) is 11.4 Å². The van der Waals surface area contributed by atoms with Gasteiger partial charge in [0.15, 0.2) is 0 Å². The topological polar surface area (TPSA) is 71.2 Å². The molecule has 0 bridgehead atoms. The van der Waals surface area contributed by atoms with Gasteiger partial charge in [-0.3, -0.25) is 4.79 Å². The van der Waals surface area contributed by atoms with Gasteiger partial charge < -0.3 is 16.0 Å². The second kappa shape index (κ2) is 9.47. The van der Waals surface area contributed by atoms with Crippen molar-refractivity contribution in [3.8, 4) is 0 Å². The van der Waals surface area contributed by atoms with Crippen LogP contribution < -0.4 is 16.0 Å². The van der Waals surface area contributed by atoms with Crippen LogP contribution in [0, 0.1) is 0 Å². The third kappa shape index (κ3) is 5.09. The minimum atomic E-state index is -1.07. The van der Waals surface area contributed by atoms with E-state index in [1.165, 1.54) is 0 Å². The summed E-state index contributed by atoms with van der Waals surface area (Å²) in [5.74, 6) is 0.619. The minimum absolute atomic E-state index is 0. The molecule has 2 rings (SSSR count). The summed E-state index contributed by atoms with van der Waals surface area (Å²) >= 11 is 0. The van der Waals surface area contributed by atoms with Gasteiger partial charge in [-0.05, 0) is 18.6 Å². The summed E-state index contributed by atoms with van der Waals surface area (Å²) in [6.07, 6.45) is 1.73. The zero-order valence-electron chi connectivity index (χ0n) is 14.0. The van der Waals surface area contributed by atoms with Crippen LogP contribution in [0.25, 0.3) is 0 Å². The molecule has 2 aromatic rings. The molecule has 1 aromatic heterocycles. The van der Waals surface area contributed by atoms with Crippen molar-refractivity contribution in [2.24, 2.45) is 5.73 Å². The number of rotatable bonds is 5. The lowest BCUT2D eigenvalue weighted by atomic mass is 9.92. The fraction of sp³-hybridized carbons (Fsp3) is 0.294.